The van der Waals surface area contributed by atoms with Crippen LogP contribution >= 0.6 is 0 Å². The Kier molecular flexibility index (Phi) is 7.46. The first kappa shape index (κ1) is 18.2. The van der Waals surface area contributed by atoms with E-state index in [1.54, 1.807) is 0 Å². The van der Waals surface area contributed by atoms with Crippen LogP contribution in [0.5, 0.6) is 0 Å². The zero-order chi connectivity index (χ0) is 15.9. The number of amides is 1. The maximum atomic E-state index is 11.7. The van der Waals surface area contributed by atoms with E-state index in [9.17, 15) is 4.79 Å². The number of nitrogens with one attached hydrogen (secondary N) is 2. The quantitative estimate of drug-likeness (QED) is 0.741. The molecule has 0 unspecified atom stereocenters. The number of hydrogen-bond donors (Lipinski definition) is 2. The molecule has 0 heterocycles. The molecule has 21 heavy (non-hydrogen) atoms. The van der Waals surface area contributed by atoms with Crippen LogP contribution in [0.3, 0.4) is 0 Å². The molecule has 1 aliphatic rings. The Balaban J connectivity index is 2.13. The number of rotatable bonds is 6. The fraction of sp³-hybridized carbons (Fsp3) is 0.938. The van der Waals surface area contributed by atoms with Gasteiger partial charge in [0.2, 0.25) is 0 Å². The zero-order valence-electron chi connectivity index (χ0n) is 14.2. The summed E-state index contributed by atoms with van der Waals surface area (Å²) in [5.74, 6) is 0. The third-order valence-electron chi connectivity index (χ3n) is 3.40. The van der Waals surface area contributed by atoms with Crippen molar-refractivity contribution < 1.29 is 14.3 Å². The Morgan fingerprint density at radius 2 is 1.81 bits per heavy atom. The van der Waals surface area contributed by atoms with E-state index in [4.69, 9.17) is 9.47 Å². The lowest BCUT2D eigenvalue weighted by Gasteiger charge is -2.30. The van der Waals surface area contributed by atoms with Gasteiger partial charge in [-0.3, -0.25) is 0 Å². The fourth-order valence-electron chi connectivity index (χ4n) is 2.42. The molecule has 0 aromatic rings. The third-order valence-corrected chi connectivity index (χ3v) is 3.40. The summed E-state index contributed by atoms with van der Waals surface area (Å²) in [6.07, 6.45) is 3.94. The second kappa shape index (κ2) is 8.59. The highest BCUT2D eigenvalue weighted by atomic mass is 16.6. The molecule has 0 aromatic carbocycles. The number of hydrogen-bond acceptors (Lipinski definition) is 4. The van der Waals surface area contributed by atoms with E-state index in [-0.39, 0.29) is 12.1 Å². The van der Waals surface area contributed by atoms with Gasteiger partial charge in [0.15, 0.2) is 0 Å². The van der Waals surface area contributed by atoms with Gasteiger partial charge in [0, 0.05) is 18.6 Å². The van der Waals surface area contributed by atoms with E-state index in [2.05, 4.69) is 24.5 Å². The minimum atomic E-state index is -0.437. The minimum absolute atomic E-state index is 0.216. The molecule has 5 nitrogen and oxygen atoms in total. The Morgan fingerprint density at radius 3 is 2.33 bits per heavy atom. The number of alkyl carbamates (subject to hydrolysis) is 1. The van der Waals surface area contributed by atoms with Gasteiger partial charge in [-0.05, 0) is 46.5 Å². The molecular formula is C16H32N2O3. The molecule has 0 aromatic heterocycles. The van der Waals surface area contributed by atoms with Crippen LogP contribution in [0.1, 0.15) is 60.3 Å². The number of ether oxygens (including phenoxy) is 2. The summed E-state index contributed by atoms with van der Waals surface area (Å²) >= 11 is 0. The van der Waals surface area contributed by atoms with Gasteiger partial charge in [0.25, 0.3) is 0 Å². The molecule has 2 N–H and O–H groups in total. The summed E-state index contributed by atoms with van der Waals surface area (Å²) in [7, 11) is 0. The van der Waals surface area contributed by atoms with Gasteiger partial charge < -0.3 is 20.1 Å². The van der Waals surface area contributed by atoms with Crippen molar-refractivity contribution in [2.24, 2.45) is 0 Å². The molecule has 1 amide bonds. The van der Waals surface area contributed by atoms with Gasteiger partial charge in [0.05, 0.1) is 12.7 Å². The van der Waals surface area contributed by atoms with E-state index >= 15 is 0 Å². The largest absolute Gasteiger partial charge is 0.444 e. The molecule has 0 bridgehead atoms. The van der Waals surface area contributed by atoms with E-state index in [0.29, 0.717) is 12.1 Å². The summed E-state index contributed by atoms with van der Waals surface area (Å²) in [4.78, 5) is 11.7. The molecule has 124 valence electrons. The van der Waals surface area contributed by atoms with Crippen molar-refractivity contribution in [3.8, 4) is 0 Å². The summed E-state index contributed by atoms with van der Waals surface area (Å²) < 4.78 is 11.1. The highest BCUT2D eigenvalue weighted by molar-refractivity contribution is 5.68. The van der Waals surface area contributed by atoms with Crippen LogP contribution in [-0.2, 0) is 9.47 Å². The maximum absolute atomic E-state index is 11.7. The van der Waals surface area contributed by atoms with Gasteiger partial charge in [-0.1, -0.05) is 13.8 Å². The van der Waals surface area contributed by atoms with E-state index in [1.807, 2.05) is 20.8 Å². The second-order valence-corrected chi connectivity index (χ2v) is 7.10. The van der Waals surface area contributed by atoms with Crippen molar-refractivity contribution >= 4 is 6.09 Å². The minimum Gasteiger partial charge on any atom is -0.444 e. The number of carbonyl (C=O) groups is 1. The Hall–Kier alpha value is -0.810. The molecular weight excluding hydrogens is 268 g/mol. The summed E-state index contributed by atoms with van der Waals surface area (Å²) in [5.41, 5.74) is -0.437. The second-order valence-electron chi connectivity index (χ2n) is 7.10. The number of carbonyl (C=O) groups excluding carboxylic acids is 1. The smallest absolute Gasteiger partial charge is 0.407 e. The molecule has 0 atom stereocenters. The van der Waals surface area contributed by atoms with Crippen LogP contribution in [0.15, 0.2) is 0 Å². The Bertz CT molecular complexity index is 305. The zero-order valence-corrected chi connectivity index (χ0v) is 14.2. The van der Waals surface area contributed by atoms with Crippen molar-refractivity contribution in [2.75, 3.05) is 13.2 Å². The predicted molar refractivity (Wildman–Crippen MR) is 84.5 cm³/mol. The van der Waals surface area contributed by atoms with Crippen molar-refractivity contribution in [1.29, 1.82) is 0 Å². The topological polar surface area (TPSA) is 59.6 Å². The first-order valence-electron chi connectivity index (χ1n) is 8.11. The van der Waals surface area contributed by atoms with Crippen molar-refractivity contribution in [3.05, 3.63) is 0 Å². The molecule has 1 fully saturated rings. The molecule has 5 heteroatoms. The maximum Gasteiger partial charge on any atom is 0.407 e. The van der Waals surface area contributed by atoms with Crippen LogP contribution in [0.4, 0.5) is 4.79 Å². The standard InChI is InChI=1S/C16H32N2O3/c1-12(2)17-10-11-20-14-8-6-13(7-9-14)18-15(19)21-16(3,4)5/h12-14,17H,6-11H2,1-5H3,(H,18,19). The van der Waals surface area contributed by atoms with Crippen LogP contribution in [0, 0.1) is 0 Å². The summed E-state index contributed by atoms with van der Waals surface area (Å²) in [6.45, 7) is 11.6. The highest BCUT2D eigenvalue weighted by Gasteiger charge is 2.24. The Morgan fingerprint density at radius 1 is 1.19 bits per heavy atom. The van der Waals surface area contributed by atoms with Gasteiger partial charge in [0.1, 0.15) is 5.60 Å². The molecule has 0 saturated heterocycles. The van der Waals surface area contributed by atoms with Gasteiger partial charge in [-0.25, -0.2) is 4.79 Å². The summed E-state index contributed by atoms with van der Waals surface area (Å²) in [6, 6.07) is 0.718. The van der Waals surface area contributed by atoms with Crippen molar-refractivity contribution in [3.63, 3.8) is 0 Å². The van der Waals surface area contributed by atoms with Gasteiger partial charge in [-0.2, -0.15) is 0 Å². The lowest BCUT2D eigenvalue weighted by molar-refractivity contribution is 0.0190. The van der Waals surface area contributed by atoms with Crippen LogP contribution in [0.2, 0.25) is 0 Å². The van der Waals surface area contributed by atoms with Gasteiger partial charge in [-0.15, -0.1) is 0 Å². The lowest BCUT2D eigenvalue weighted by Crippen LogP contribution is -2.42. The molecule has 0 radical (unpaired) electrons. The van der Waals surface area contributed by atoms with Crippen LogP contribution in [0.25, 0.3) is 0 Å². The normalized spacial score (nSPS) is 23.1. The van der Waals surface area contributed by atoms with Gasteiger partial charge >= 0.3 is 6.09 Å². The highest BCUT2D eigenvalue weighted by Crippen LogP contribution is 2.21. The van der Waals surface area contributed by atoms with E-state index < -0.39 is 5.60 Å². The third kappa shape index (κ3) is 8.94. The fourth-order valence-corrected chi connectivity index (χ4v) is 2.42. The molecule has 1 aliphatic carbocycles. The molecule has 0 spiro atoms. The monoisotopic (exact) mass is 300 g/mol. The molecule has 0 aliphatic heterocycles. The van der Waals surface area contributed by atoms with E-state index in [1.165, 1.54) is 0 Å². The first-order valence-corrected chi connectivity index (χ1v) is 8.11. The average molecular weight is 300 g/mol. The lowest BCUT2D eigenvalue weighted by atomic mass is 9.93. The van der Waals surface area contributed by atoms with E-state index in [0.717, 1.165) is 38.8 Å². The molecule has 1 saturated carbocycles. The predicted octanol–water partition coefficient (Wildman–Crippen LogP) is 2.84. The molecule has 1 rings (SSSR count). The van der Waals surface area contributed by atoms with Crippen molar-refractivity contribution in [2.45, 2.75) is 84.1 Å². The van der Waals surface area contributed by atoms with Crippen LogP contribution < -0.4 is 10.6 Å². The van der Waals surface area contributed by atoms with Crippen molar-refractivity contribution in [1.82, 2.24) is 10.6 Å². The Labute approximate surface area is 129 Å². The summed E-state index contributed by atoms with van der Waals surface area (Å²) in [5, 5.41) is 6.29. The average Bonchev–Trinajstić information content (AvgIpc) is 2.34. The van der Waals surface area contributed by atoms with Crippen LogP contribution in [-0.4, -0.2) is 43.0 Å². The first-order chi connectivity index (χ1) is 9.76. The SMILES string of the molecule is CC(C)NCCOC1CCC(NC(=O)OC(C)(C)C)CC1.